The predicted molar refractivity (Wildman–Crippen MR) is 132 cm³/mol. The zero-order chi connectivity index (χ0) is 24.4. The molecule has 0 aliphatic carbocycles. The van der Waals surface area contributed by atoms with Crippen LogP contribution >= 0.6 is 0 Å². The number of hydrogen-bond acceptors (Lipinski definition) is 8. The van der Waals surface area contributed by atoms with Crippen molar-refractivity contribution in [1.82, 2.24) is 44.9 Å². The van der Waals surface area contributed by atoms with E-state index in [0.29, 0.717) is 22.4 Å². The van der Waals surface area contributed by atoms with Crippen LogP contribution in [0.3, 0.4) is 0 Å². The maximum atomic E-state index is 10.9. The van der Waals surface area contributed by atoms with Crippen molar-refractivity contribution in [3.8, 4) is 28.3 Å². The molecule has 2 N–H and O–H groups in total. The van der Waals surface area contributed by atoms with Crippen LogP contribution in [0.1, 0.15) is 46.6 Å². The standard InChI is InChI=1S/C25H27N9O/c1-24(2)11-16(12-25(3,4)31-24)34-23-19(29-32-34)10-18(28-30-23)17-6-5-15(9-21(17)35)20-13-27-22-14-26-7-8-33(20)22/h5-10,13-14,16,31,35H,11-12H2,1-4H3. The van der Waals surface area contributed by atoms with Gasteiger partial charge in [0.2, 0.25) is 5.65 Å². The van der Waals surface area contributed by atoms with E-state index in [1.807, 2.05) is 33.5 Å². The van der Waals surface area contributed by atoms with Gasteiger partial charge in [0, 0.05) is 34.6 Å². The van der Waals surface area contributed by atoms with Crippen molar-refractivity contribution in [3.05, 3.63) is 49.1 Å². The van der Waals surface area contributed by atoms with E-state index in [0.717, 1.165) is 29.7 Å². The first-order chi connectivity index (χ1) is 16.7. The Kier molecular flexibility index (Phi) is 4.65. The third-order valence-electron chi connectivity index (χ3n) is 6.62. The Labute approximate surface area is 202 Å². The van der Waals surface area contributed by atoms with Crippen LogP contribution in [-0.4, -0.2) is 55.7 Å². The first kappa shape index (κ1) is 21.6. The number of rotatable bonds is 3. The highest BCUT2D eigenvalue weighted by Gasteiger charge is 2.39. The third-order valence-corrected chi connectivity index (χ3v) is 6.62. The van der Waals surface area contributed by atoms with Gasteiger partial charge in [0.05, 0.1) is 29.8 Å². The lowest BCUT2D eigenvalue weighted by atomic mass is 9.80. The second kappa shape index (κ2) is 7.54. The number of phenols is 1. The van der Waals surface area contributed by atoms with Gasteiger partial charge in [0.1, 0.15) is 11.3 Å². The van der Waals surface area contributed by atoms with Crippen LogP contribution in [0.4, 0.5) is 0 Å². The summed E-state index contributed by atoms with van der Waals surface area (Å²) in [7, 11) is 0. The zero-order valence-corrected chi connectivity index (χ0v) is 20.1. The molecule has 4 aromatic heterocycles. The predicted octanol–water partition coefficient (Wildman–Crippen LogP) is 3.79. The van der Waals surface area contributed by atoms with Crippen LogP contribution in [0.5, 0.6) is 5.75 Å². The van der Waals surface area contributed by atoms with Crippen LogP contribution < -0.4 is 5.32 Å². The van der Waals surface area contributed by atoms with Crippen molar-refractivity contribution in [1.29, 1.82) is 0 Å². The van der Waals surface area contributed by atoms with Crippen molar-refractivity contribution in [2.24, 2.45) is 0 Å². The lowest BCUT2D eigenvalue weighted by molar-refractivity contribution is 0.127. The van der Waals surface area contributed by atoms with Gasteiger partial charge in [-0.2, -0.15) is 0 Å². The van der Waals surface area contributed by atoms with Gasteiger partial charge in [-0.25, -0.2) is 9.67 Å². The lowest BCUT2D eigenvalue weighted by Crippen LogP contribution is -2.58. The number of aromatic hydroxyl groups is 1. The van der Waals surface area contributed by atoms with Crippen LogP contribution in [0.15, 0.2) is 49.1 Å². The summed E-state index contributed by atoms with van der Waals surface area (Å²) in [4.78, 5) is 8.47. The first-order valence-electron chi connectivity index (χ1n) is 11.7. The summed E-state index contributed by atoms with van der Waals surface area (Å²) in [6.07, 6.45) is 8.84. The monoisotopic (exact) mass is 469 g/mol. The average molecular weight is 470 g/mol. The molecule has 1 aromatic carbocycles. The first-order valence-corrected chi connectivity index (χ1v) is 11.7. The zero-order valence-electron chi connectivity index (χ0n) is 20.1. The quantitative estimate of drug-likeness (QED) is 0.410. The molecule has 1 fully saturated rings. The van der Waals surface area contributed by atoms with Crippen LogP contribution in [0.2, 0.25) is 0 Å². The molecule has 5 aromatic rings. The molecule has 0 bridgehead atoms. The minimum atomic E-state index is -0.0249. The van der Waals surface area contributed by atoms with Crippen molar-refractivity contribution in [2.45, 2.75) is 57.7 Å². The van der Waals surface area contributed by atoms with Gasteiger partial charge in [-0.3, -0.25) is 9.38 Å². The Balaban J connectivity index is 1.34. The Morgan fingerprint density at radius 1 is 1.00 bits per heavy atom. The Bertz CT molecular complexity index is 1550. The molecule has 0 saturated carbocycles. The number of fused-ring (bicyclic) bond motifs is 2. The van der Waals surface area contributed by atoms with E-state index in [2.05, 4.69) is 63.5 Å². The number of nitrogens with one attached hydrogen (secondary N) is 1. The number of phenolic OH excluding ortho intramolecular Hbond substituents is 1. The highest BCUT2D eigenvalue weighted by Crippen LogP contribution is 2.37. The molecule has 10 nitrogen and oxygen atoms in total. The molecule has 0 unspecified atom stereocenters. The van der Waals surface area contributed by atoms with Crippen LogP contribution in [0.25, 0.3) is 39.3 Å². The Morgan fingerprint density at radius 3 is 2.57 bits per heavy atom. The minimum Gasteiger partial charge on any atom is -0.507 e. The van der Waals surface area contributed by atoms with Crippen molar-refractivity contribution in [2.75, 3.05) is 0 Å². The molecule has 35 heavy (non-hydrogen) atoms. The average Bonchev–Trinajstić information content (AvgIpc) is 3.41. The molecule has 1 saturated heterocycles. The maximum absolute atomic E-state index is 10.9. The number of benzene rings is 1. The fourth-order valence-electron chi connectivity index (χ4n) is 5.53. The van der Waals surface area contributed by atoms with Gasteiger partial charge in [0.25, 0.3) is 0 Å². The molecule has 0 amide bonds. The van der Waals surface area contributed by atoms with E-state index in [1.54, 1.807) is 24.7 Å². The number of hydrogen-bond donors (Lipinski definition) is 2. The fourth-order valence-corrected chi connectivity index (χ4v) is 5.53. The summed E-state index contributed by atoms with van der Waals surface area (Å²) < 4.78 is 3.83. The largest absolute Gasteiger partial charge is 0.507 e. The molecular weight excluding hydrogens is 442 g/mol. The van der Waals surface area contributed by atoms with Crippen molar-refractivity contribution in [3.63, 3.8) is 0 Å². The Hall–Kier alpha value is -3.92. The summed E-state index contributed by atoms with van der Waals surface area (Å²) in [5.74, 6) is 0.106. The topological polar surface area (TPSA) is 119 Å². The van der Waals surface area contributed by atoms with Gasteiger partial charge in [0.15, 0.2) is 5.65 Å². The molecule has 1 aliphatic rings. The summed E-state index contributed by atoms with van der Waals surface area (Å²) in [6.45, 7) is 8.83. The molecule has 0 spiro atoms. The van der Waals surface area contributed by atoms with Gasteiger partial charge in [-0.15, -0.1) is 15.3 Å². The Morgan fingerprint density at radius 2 is 1.80 bits per heavy atom. The van der Waals surface area contributed by atoms with E-state index in [-0.39, 0.29) is 22.9 Å². The highest BCUT2D eigenvalue weighted by atomic mass is 16.3. The molecule has 0 radical (unpaired) electrons. The van der Waals surface area contributed by atoms with E-state index in [4.69, 9.17) is 0 Å². The van der Waals surface area contributed by atoms with E-state index >= 15 is 0 Å². The second-order valence-electron chi connectivity index (χ2n) is 10.6. The summed E-state index contributed by atoms with van der Waals surface area (Å²) in [5.41, 5.74) is 4.82. The number of imidazole rings is 1. The minimum absolute atomic E-state index is 0.0249. The van der Waals surface area contributed by atoms with Crippen LogP contribution in [0, 0.1) is 0 Å². The molecule has 10 heteroatoms. The van der Waals surface area contributed by atoms with Gasteiger partial charge >= 0.3 is 0 Å². The van der Waals surface area contributed by atoms with Crippen molar-refractivity contribution >= 4 is 16.8 Å². The molecule has 0 atom stereocenters. The summed E-state index contributed by atoms with van der Waals surface area (Å²) in [6, 6.07) is 7.48. The summed E-state index contributed by atoms with van der Waals surface area (Å²) >= 11 is 0. The lowest BCUT2D eigenvalue weighted by Gasteiger charge is -2.46. The normalized spacial score (nSPS) is 17.8. The third kappa shape index (κ3) is 3.79. The molecular formula is C25H27N9O. The van der Waals surface area contributed by atoms with E-state index in [9.17, 15) is 5.11 Å². The van der Waals surface area contributed by atoms with Gasteiger partial charge < -0.3 is 10.4 Å². The maximum Gasteiger partial charge on any atom is 0.201 e. The smallest absolute Gasteiger partial charge is 0.201 e. The second-order valence-corrected chi connectivity index (χ2v) is 10.6. The van der Waals surface area contributed by atoms with E-state index in [1.165, 1.54) is 0 Å². The molecule has 1 aliphatic heterocycles. The van der Waals surface area contributed by atoms with E-state index < -0.39 is 0 Å². The number of nitrogens with zero attached hydrogens (tertiary/aromatic N) is 8. The molecule has 178 valence electrons. The van der Waals surface area contributed by atoms with Crippen LogP contribution in [-0.2, 0) is 0 Å². The highest BCUT2D eigenvalue weighted by molar-refractivity contribution is 5.79. The SMILES string of the molecule is CC1(C)CC(n2nnc3cc(-c4ccc(-c5cnc6cnccn56)cc4O)nnc32)CC(C)(C)N1. The fraction of sp³-hybridized carbons (Fsp3) is 0.360. The summed E-state index contributed by atoms with van der Waals surface area (Å²) in [5, 5.41) is 32.3. The molecule has 6 rings (SSSR count). The van der Waals surface area contributed by atoms with Gasteiger partial charge in [-0.1, -0.05) is 11.3 Å². The molecule has 5 heterocycles. The number of piperidine rings is 1. The van der Waals surface area contributed by atoms with Gasteiger partial charge in [-0.05, 0) is 58.7 Å². The van der Waals surface area contributed by atoms with Crippen molar-refractivity contribution < 1.29 is 5.11 Å². The number of aromatic nitrogens is 8.